The number of nitrogen functional groups attached to an aromatic ring is 1. The summed E-state index contributed by atoms with van der Waals surface area (Å²) in [5, 5.41) is 0. The molecular weight excluding hydrogens is 434 g/mol. The number of unbranched alkanes of at least 4 members (excludes halogenated alkanes) is 1. The summed E-state index contributed by atoms with van der Waals surface area (Å²) >= 11 is 0. The Kier molecular flexibility index (Phi) is 8.55. The Morgan fingerprint density at radius 3 is 2.47 bits per heavy atom. The van der Waals surface area contributed by atoms with Crippen LogP contribution in [0.2, 0.25) is 0 Å². The highest BCUT2D eigenvalue weighted by atomic mass is 16.5. The van der Waals surface area contributed by atoms with E-state index in [-0.39, 0.29) is 36.0 Å². The van der Waals surface area contributed by atoms with Crippen LogP contribution < -0.4 is 26.6 Å². The van der Waals surface area contributed by atoms with Crippen LogP contribution in [0.5, 0.6) is 5.75 Å². The van der Waals surface area contributed by atoms with Crippen LogP contribution in [0.25, 0.3) is 0 Å². The fourth-order valence-corrected chi connectivity index (χ4v) is 4.59. The first-order valence-electron chi connectivity index (χ1n) is 12.1. The minimum atomic E-state index is -0.610. The van der Waals surface area contributed by atoms with Crippen molar-refractivity contribution in [3.05, 3.63) is 50.7 Å². The molecule has 1 aromatic heterocycles. The zero-order chi connectivity index (χ0) is 24.8. The van der Waals surface area contributed by atoms with Crippen molar-refractivity contribution < 1.29 is 9.53 Å². The summed E-state index contributed by atoms with van der Waals surface area (Å²) < 4.78 is 6.61. The minimum Gasteiger partial charge on any atom is -0.497 e. The van der Waals surface area contributed by atoms with Crippen LogP contribution in [-0.2, 0) is 11.3 Å². The predicted octanol–water partition coefficient (Wildman–Crippen LogP) is 2.90. The number of ether oxygens (including phenoxy) is 1. The van der Waals surface area contributed by atoms with Crippen molar-refractivity contribution >= 4 is 17.4 Å². The quantitative estimate of drug-likeness (QED) is 0.551. The van der Waals surface area contributed by atoms with Gasteiger partial charge in [0.2, 0.25) is 5.91 Å². The number of likely N-dealkylation sites (N-methyl/N-ethyl adjacent to an activating group) is 1. The number of hydrogen-bond acceptors (Lipinski definition) is 6. The van der Waals surface area contributed by atoms with Gasteiger partial charge in [0.25, 0.3) is 5.56 Å². The second-order valence-corrected chi connectivity index (χ2v) is 9.06. The molecule has 0 saturated heterocycles. The average Bonchev–Trinajstić information content (AvgIpc) is 3.35. The van der Waals surface area contributed by atoms with Gasteiger partial charge in [-0.1, -0.05) is 38.3 Å². The van der Waals surface area contributed by atoms with E-state index in [1.165, 1.54) is 4.57 Å². The molecule has 0 aliphatic heterocycles. The smallest absolute Gasteiger partial charge is 0.330 e. The topological polar surface area (TPSA) is 114 Å². The monoisotopic (exact) mass is 471 g/mol. The van der Waals surface area contributed by atoms with E-state index in [4.69, 9.17) is 10.5 Å². The number of anilines is 2. The Labute approximate surface area is 200 Å². The Morgan fingerprint density at radius 2 is 1.88 bits per heavy atom. The maximum atomic E-state index is 13.7. The number of nitrogens with one attached hydrogen (secondary N) is 1. The van der Waals surface area contributed by atoms with Gasteiger partial charge in [0.1, 0.15) is 11.6 Å². The number of carbonyl (C=O) groups excluding carboxylic acids is 1. The molecule has 0 spiro atoms. The van der Waals surface area contributed by atoms with Crippen molar-refractivity contribution in [2.24, 2.45) is 0 Å². The highest BCUT2D eigenvalue weighted by Crippen LogP contribution is 2.30. The van der Waals surface area contributed by atoms with Gasteiger partial charge in [-0.2, -0.15) is 0 Å². The lowest BCUT2D eigenvalue weighted by Crippen LogP contribution is -2.49. The number of nitrogens with two attached hydrogens (primary N) is 1. The highest BCUT2D eigenvalue weighted by molar-refractivity contribution is 5.97. The largest absolute Gasteiger partial charge is 0.497 e. The number of aromatic amines is 1. The normalized spacial score (nSPS) is 15.0. The van der Waals surface area contributed by atoms with Gasteiger partial charge in [0, 0.05) is 18.6 Å². The lowest BCUT2D eigenvalue weighted by Gasteiger charge is -2.33. The summed E-state index contributed by atoms with van der Waals surface area (Å²) in [5.74, 6) is 0.635. The number of amides is 1. The molecule has 1 heterocycles. The number of rotatable bonds is 10. The van der Waals surface area contributed by atoms with Crippen LogP contribution >= 0.6 is 0 Å². The average molecular weight is 472 g/mol. The molecule has 9 nitrogen and oxygen atoms in total. The Bertz CT molecular complexity index is 1090. The molecule has 2 aromatic rings. The number of hydrogen-bond donors (Lipinski definition) is 2. The van der Waals surface area contributed by atoms with E-state index in [2.05, 4.69) is 4.98 Å². The molecule has 0 radical (unpaired) electrons. The summed E-state index contributed by atoms with van der Waals surface area (Å²) in [6.07, 6.45) is 5.20. The number of H-pyrrole nitrogens is 1. The Hall–Kier alpha value is -3.07. The molecule has 0 bridgehead atoms. The highest BCUT2D eigenvalue weighted by Gasteiger charge is 2.33. The predicted molar refractivity (Wildman–Crippen MR) is 134 cm³/mol. The summed E-state index contributed by atoms with van der Waals surface area (Å²) in [7, 11) is 3.51. The second-order valence-electron chi connectivity index (χ2n) is 9.06. The molecule has 186 valence electrons. The molecule has 1 saturated carbocycles. The van der Waals surface area contributed by atoms with Gasteiger partial charge in [-0.3, -0.25) is 24.0 Å². The molecule has 1 aromatic carbocycles. The summed E-state index contributed by atoms with van der Waals surface area (Å²) in [5.41, 5.74) is 6.36. The van der Waals surface area contributed by atoms with E-state index in [0.717, 1.165) is 49.8 Å². The molecule has 1 amide bonds. The lowest BCUT2D eigenvalue weighted by atomic mass is 10.1. The Morgan fingerprint density at radius 1 is 1.24 bits per heavy atom. The molecular formula is C25H37N5O4. The van der Waals surface area contributed by atoms with Crippen molar-refractivity contribution in [3.63, 3.8) is 0 Å². The molecule has 1 unspecified atom stereocenters. The van der Waals surface area contributed by atoms with Crippen LogP contribution in [0.15, 0.2) is 33.9 Å². The summed E-state index contributed by atoms with van der Waals surface area (Å²) in [4.78, 5) is 44.9. The number of benzene rings is 1. The van der Waals surface area contributed by atoms with Crippen LogP contribution in [0, 0.1) is 0 Å². The molecule has 34 heavy (non-hydrogen) atoms. The summed E-state index contributed by atoms with van der Waals surface area (Å²) in [6.45, 7) is 4.55. The maximum absolute atomic E-state index is 13.7. The zero-order valence-corrected chi connectivity index (χ0v) is 20.7. The van der Waals surface area contributed by atoms with Crippen molar-refractivity contribution in [3.8, 4) is 5.75 Å². The maximum Gasteiger partial charge on any atom is 0.330 e. The van der Waals surface area contributed by atoms with E-state index in [1.54, 1.807) is 12.0 Å². The first-order chi connectivity index (χ1) is 16.3. The van der Waals surface area contributed by atoms with Crippen molar-refractivity contribution in [2.75, 3.05) is 31.3 Å². The molecule has 1 aliphatic carbocycles. The molecule has 3 rings (SSSR count). The minimum absolute atomic E-state index is 0.0329. The van der Waals surface area contributed by atoms with Crippen molar-refractivity contribution in [1.82, 2.24) is 14.5 Å². The zero-order valence-electron chi connectivity index (χ0n) is 20.7. The number of carbonyl (C=O) groups is 1. The van der Waals surface area contributed by atoms with Crippen LogP contribution in [-0.4, -0.2) is 47.1 Å². The first kappa shape index (κ1) is 25.6. The third-order valence-electron chi connectivity index (χ3n) is 6.79. The third kappa shape index (κ3) is 5.52. The van der Waals surface area contributed by atoms with Crippen molar-refractivity contribution in [1.29, 1.82) is 0 Å². The van der Waals surface area contributed by atoms with Gasteiger partial charge >= 0.3 is 5.69 Å². The lowest BCUT2D eigenvalue weighted by molar-refractivity contribution is -0.120. The van der Waals surface area contributed by atoms with Gasteiger partial charge in [-0.05, 0) is 50.9 Å². The van der Waals surface area contributed by atoms with E-state index in [1.807, 2.05) is 50.1 Å². The van der Waals surface area contributed by atoms with Crippen LogP contribution in [0.3, 0.4) is 0 Å². The number of methoxy groups -OCH3 is 1. The van der Waals surface area contributed by atoms with E-state index in [0.29, 0.717) is 6.54 Å². The van der Waals surface area contributed by atoms with Crippen molar-refractivity contribution in [2.45, 2.75) is 71.0 Å². The first-order valence-corrected chi connectivity index (χ1v) is 12.1. The second kappa shape index (κ2) is 11.4. The molecule has 1 atom stereocenters. The molecule has 3 N–H and O–H groups in total. The summed E-state index contributed by atoms with van der Waals surface area (Å²) in [6, 6.07) is 7.60. The number of nitrogens with zero attached hydrogens (tertiary/aromatic N) is 3. The SMILES string of the molecule is CCCCn1c(N)c(N(C(=O)CN(C)C(C)c2ccc(OC)cc2)C2CCCC2)c(=O)[nH]c1=O. The van der Waals surface area contributed by atoms with Gasteiger partial charge in [0.05, 0.1) is 13.7 Å². The number of aromatic nitrogens is 2. The van der Waals surface area contributed by atoms with Crippen LogP contribution in [0.1, 0.15) is 64.0 Å². The van der Waals surface area contributed by atoms with Gasteiger partial charge in [0.15, 0.2) is 5.69 Å². The molecule has 1 fully saturated rings. The Balaban J connectivity index is 1.91. The van der Waals surface area contributed by atoms with Gasteiger partial charge in [-0.15, -0.1) is 0 Å². The van der Waals surface area contributed by atoms with Gasteiger partial charge in [-0.25, -0.2) is 4.79 Å². The van der Waals surface area contributed by atoms with E-state index < -0.39 is 11.2 Å². The standard InChI is InChI=1S/C25H37N5O4/c1-5-6-15-29-23(26)22(24(32)27-25(29)33)30(19-9-7-8-10-19)21(31)16-28(3)17(2)18-11-13-20(34-4)14-12-18/h11-14,17,19H,5-10,15-16,26H2,1-4H3,(H,27,32,33). The fourth-order valence-electron chi connectivity index (χ4n) is 4.59. The van der Waals surface area contributed by atoms with E-state index in [9.17, 15) is 14.4 Å². The molecule has 1 aliphatic rings. The van der Waals surface area contributed by atoms with Crippen LogP contribution in [0.4, 0.5) is 11.5 Å². The molecule has 9 heteroatoms. The van der Waals surface area contributed by atoms with Gasteiger partial charge < -0.3 is 15.4 Å². The third-order valence-corrected chi connectivity index (χ3v) is 6.79. The van der Waals surface area contributed by atoms with E-state index >= 15 is 0 Å². The fraction of sp³-hybridized carbons (Fsp3) is 0.560.